The molecule has 1 atom stereocenters. The number of rotatable bonds is 4. The van der Waals surface area contributed by atoms with Crippen molar-refractivity contribution in [3.8, 4) is 0 Å². The summed E-state index contributed by atoms with van der Waals surface area (Å²) in [6, 6.07) is 9.34. The zero-order valence-corrected chi connectivity index (χ0v) is 16.5. The number of hydrogen-bond acceptors (Lipinski definition) is 4. The molecule has 0 bridgehead atoms. The molecule has 2 aliphatic rings. The molecule has 0 saturated carbocycles. The molecular formula is C21H23ClN4O2. The molecule has 28 heavy (non-hydrogen) atoms. The Morgan fingerprint density at radius 1 is 1.25 bits per heavy atom. The smallest absolute Gasteiger partial charge is 0.255 e. The molecule has 6 nitrogen and oxygen atoms in total. The van der Waals surface area contributed by atoms with E-state index in [1.54, 1.807) is 18.3 Å². The van der Waals surface area contributed by atoms with Crippen LogP contribution in [0, 0.1) is 0 Å². The highest BCUT2D eigenvalue weighted by Gasteiger charge is 2.41. The van der Waals surface area contributed by atoms with Crippen LogP contribution in [-0.4, -0.2) is 45.7 Å². The van der Waals surface area contributed by atoms with E-state index in [0.29, 0.717) is 16.3 Å². The molecule has 146 valence electrons. The van der Waals surface area contributed by atoms with Gasteiger partial charge in [0.05, 0.1) is 17.2 Å². The van der Waals surface area contributed by atoms with Gasteiger partial charge in [-0.1, -0.05) is 29.8 Å². The minimum Gasteiger partial charge on any atom is -0.366 e. The molecule has 2 aromatic rings. The molecule has 2 N–H and O–H groups in total. The topological polar surface area (TPSA) is 79.5 Å². The van der Waals surface area contributed by atoms with E-state index in [4.69, 9.17) is 17.3 Å². The monoisotopic (exact) mass is 398 g/mol. The third kappa shape index (κ3) is 3.27. The molecule has 1 saturated heterocycles. The second kappa shape index (κ2) is 7.53. The normalized spacial score (nSPS) is 20.4. The number of hydrogen-bond donors (Lipinski definition) is 1. The van der Waals surface area contributed by atoms with Crippen molar-refractivity contribution in [2.75, 3.05) is 13.1 Å². The SMILES string of the molecule is CC1c2cccc(C(N)=O)c2C(=O)N1C1CCN(Cc2cccnc2Cl)CC1. The molecule has 7 heteroatoms. The Hall–Kier alpha value is -2.44. The van der Waals surface area contributed by atoms with Crippen LogP contribution in [0.5, 0.6) is 0 Å². The van der Waals surface area contributed by atoms with Crippen LogP contribution in [0.3, 0.4) is 0 Å². The lowest BCUT2D eigenvalue weighted by Gasteiger charge is -2.38. The molecule has 2 aliphatic heterocycles. The zero-order chi connectivity index (χ0) is 19.8. The van der Waals surface area contributed by atoms with Gasteiger partial charge in [0.1, 0.15) is 5.15 Å². The first-order valence-corrected chi connectivity index (χ1v) is 9.92. The van der Waals surface area contributed by atoms with Gasteiger partial charge in [0.25, 0.3) is 5.91 Å². The Balaban J connectivity index is 1.47. The summed E-state index contributed by atoms with van der Waals surface area (Å²) in [5.74, 6) is -0.631. The van der Waals surface area contributed by atoms with Crippen LogP contribution in [-0.2, 0) is 6.54 Å². The summed E-state index contributed by atoms with van der Waals surface area (Å²) in [6.45, 7) is 4.54. The summed E-state index contributed by atoms with van der Waals surface area (Å²) in [4.78, 5) is 33.3. The number of carbonyl (C=O) groups excluding carboxylic acids is 2. The lowest BCUT2D eigenvalue weighted by atomic mass is 9.99. The molecule has 1 unspecified atom stereocenters. The second-order valence-electron chi connectivity index (χ2n) is 7.48. The molecule has 4 rings (SSSR count). The van der Waals surface area contributed by atoms with Crippen LogP contribution >= 0.6 is 11.6 Å². The van der Waals surface area contributed by atoms with Crippen molar-refractivity contribution in [3.63, 3.8) is 0 Å². The Morgan fingerprint density at radius 3 is 2.68 bits per heavy atom. The van der Waals surface area contributed by atoms with Crippen LogP contribution in [0.25, 0.3) is 0 Å². The van der Waals surface area contributed by atoms with E-state index in [1.807, 2.05) is 30.0 Å². The number of likely N-dealkylation sites (tertiary alicyclic amines) is 1. The minimum atomic E-state index is -0.553. The number of primary amides is 1. The highest BCUT2D eigenvalue weighted by atomic mass is 35.5. The molecular weight excluding hydrogens is 376 g/mol. The van der Waals surface area contributed by atoms with Gasteiger partial charge in [-0.3, -0.25) is 14.5 Å². The maximum absolute atomic E-state index is 13.1. The van der Waals surface area contributed by atoms with Gasteiger partial charge in [0, 0.05) is 37.4 Å². The molecule has 1 aromatic carbocycles. The number of aromatic nitrogens is 1. The van der Waals surface area contributed by atoms with Crippen LogP contribution in [0.1, 0.15) is 57.7 Å². The Kier molecular flexibility index (Phi) is 5.08. The Morgan fingerprint density at radius 2 is 2.00 bits per heavy atom. The predicted octanol–water partition coefficient (Wildman–Crippen LogP) is 3.02. The number of piperidine rings is 1. The summed E-state index contributed by atoms with van der Waals surface area (Å²) >= 11 is 6.18. The van der Waals surface area contributed by atoms with Crippen molar-refractivity contribution in [1.29, 1.82) is 0 Å². The molecule has 1 aromatic heterocycles. The molecule has 2 amide bonds. The first-order valence-electron chi connectivity index (χ1n) is 9.54. The zero-order valence-electron chi connectivity index (χ0n) is 15.8. The van der Waals surface area contributed by atoms with E-state index in [0.717, 1.165) is 43.6 Å². The standard InChI is InChI=1S/C21H23ClN4O2/c1-13-16-5-2-6-17(20(23)27)18(16)21(28)26(13)15-7-10-25(11-8-15)12-14-4-3-9-24-19(14)22/h2-6,9,13,15H,7-8,10-12H2,1H3,(H2,23,27). The van der Waals surface area contributed by atoms with Crippen molar-refractivity contribution >= 4 is 23.4 Å². The lowest BCUT2D eigenvalue weighted by molar-refractivity contribution is 0.0510. The van der Waals surface area contributed by atoms with E-state index in [2.05, 4.69) is 9.88 Å². The van der Waals surface area contributed by atoms with Gasteiger partial charge in [-0.2, -0.15) is 0 Å². The van der Waals surface area contributed by atoms with Crippen molar-refractivity contribution < 1.29 is 9.59 Å². The van der Waals surface area contributed by atoms with Crippen LogP contribution in [0.15, 0.2) is 36.5 Å². The van der Waals surface area contributed by atoms with E-state index >= 15 is 0 Å². The number of amides is 2. The summed E-state index contributed by atoms with van der Waals surface area (Å²) in [5.41, 5.74) is 8.20. The fraction of sp³-hybridized carbons (Fsp3) is 0.381. The maximum Gasteiger partial charge on any atom is 0.255 e. The number of halogens is 1. The molecule has 0 spiro atoms. The van der Waals surface area contributed by atoms with Crippen LogP contribution in [0.4, 0.5) is 0 Å². The Bertz CT molecular complexity index is 924. The fourth-order valence-electron chi connectivity index (χ4n) is 4.43. The van der Waals surface area contributed by atoms with Crippen LogP contribution < -0.4 is 5.73 Å². The fourth-order valence-corrected chi connectivity index (χ4v) is 4.61. The average molecular weight is 399 g/mol. The van der Waals surface area contributed by atoms with Crippen molar-refractivity contribution in [1.82, 2.24) is 14.8 Å². The number of fused-ring (bicyclic) bond motifs is 1. The van der Waals surface area contributed by atoms with E-state index < -0.39 is 5.91 Å². The summed E-state index contributed by atoms with van der Waals surface area (Å²) in [5, 5.41) is 0.544. The maximum atomic E-state index is 13.1. The number of nitrogens with two attached hydrogens (primary N) is 1. The van der Waals surface area contributed by atoms with Crippen molar-refractivity contribution in [3.05, 3.63) is 63.9 Å². The third-order valence-corrected chi connectivity index (χ3v) is 6.20. The van der Waals surface area contributed by atoms with Crippen molar-refractivity contribution in [2.45, 2.75) is 38.4 Å². The minimum absolute atomic E-state index is 0.0499. The number of benzene rings is 1. The van der Waals surface area contributed by atoms with E-state index in [1.165, 1.54) is 0 Å². The number of pyridine rings is 1. The largest absolute Gasteiger partial charge is 0.366 e. The highest BCUT2D eigenvalue weighted by Crippen LogP contribution is 2.38. The first-order chi connectivity index (χ1) is 13.5. The van der Waals surface area contributed by atoms with Gasteiger partial charge in [-0.05, 0) is 37.5 Å². The van der Waals surface area contributed by atoms with Gasteiger partial charge >= 0.3 is 0 Å². The Labute approximate surface area is 169 Å². The quantitative estimate of drug-likeness (QED) is 0.803. The van der Waals surface area contributed by atoms with Gasteiger partial charge in [-0.15, -0.1) is 0 Å². The van der Waals surface area contributed by atoms with Gasteiger partial charge in [0.2, 0.25) is 5.91 Å². The van der Waals surface area contributed by atoms with E-state index in [9.17, 15) is 9.59 Å². The summed E-state index contributed by atoms with van der Waals surface area (Å²) in [6.07, 6.45) is 3.46. The first kappa shape index (κ1) is 18.9. The molecule has 3 heterocycles. The number of nitrogens with zero attached hydrogens (tertiary/aromatic N) is 3. The molecule has 1 fully saturated rings. The van der Waals surface area contributed by atoms with Gasteiger partial charge in [-0.25, -0.2) is 4.98 Å². The van der Waals surface area contributed by atoms with Gasteiger partial charge in [0.15, 0.2) is 0 Å². The highest BCUT2D eigenvalue weighted by molar-refractivity contribution is 6.30. The number of carbonyl (C=O) groups is 2. The second-order valence-corrected chi connectivity index (χ2v) is 7.84. The predicted molar refractivity (Wildman–Crippen MR) is 107 cm³/mol. The molecule has 0 aliphatic carbocycles. The van der Waals surface area contributed by atoms with Crippen molar-refractivity contribution in [2.24, 2.45) is 5.73 Å². The third-order valence-electron chi connectivity index (χ3n) is 5.86. The molecule has 0 radical (unpaired) electrons. The van der Waals surface area contributed by atoms with Crippen LogP contribution in [0.2, 0.25) is 5.15 Å². The van der Waals surface area contributed by atoms with Gasteiger partial charge < -0.3 is 10.6 Å². The lowest BCUT2D eigenvalue weighted by Crippen LogP contribution is -2.45. The average Bonchev–Trinajstić information content (AvgIpc) is 2.95. The van der Waals surface area contributed by atoms with E-state index in [-0.39, 0.29) is 18.0 Å². The summed E-state index contributed by atoms with van der Waals surface area (Å²) < 4.78 is 0. The summed E-state index contributed by atoms with van der Waals surface area (Å²) in [7, 11) is 0.